The maximum atomic E-state index is 4.45. The maximum absolute atomic E-state index is 4.45. The fourth-order valence-electron chi connectivity index (χ4n) is 2.35. The SMILES string of the molecule is C=CN=C(CNC)N(Cc1ccccc1)Cc1ccccc1. The molecule has 2 rings (SSSR count). The Balaban J connectivity index is 2.22. The highest BCUT2D eigenvalue weighted by atomic mass is 15.2. The Labute approximate surface area is 133 Å². The van der Waals surface area contributed by atoms with Gasteiger partial charge in [-0.05, 0) is 18.2 Å². The van der Waals surface area contributed by atoms with Crippen LogP contribution in [0.15, 0.2) is 78.4 Å². The molecule has 0 fully saturated rings. The van der Waals surface area contributed by atoms with Gasteiger partial charge in [-0.25, -0.2) is 4.99 Å². The highest BCUT2D eigenvalue weighted by molar-refractivity contribution is 5.84. The predicted octanol–water partition coefficient (Wildman–Crippen LogP) is 3.45. The summed E-state index contributed by atoms with van der Waals surface area (Å²) in [5.74, 6) is 0.991. The molecule has 114 valence electrons. The van der Waals surface area contributed by atoms with E-state index in [9.17, 15) is 0 Å². The Bertz CT molecular complexity index is 549. The molecule has 0 aromatic heterocycles. The summed E-state index contributed by atoms with van der Waals surface area (Å²) in [6.07, 6.45) is 1.61. The zero-order chi connectivity index (χ0) is 15.6. The van der Waals surface area contributed by atoms with Crippen molar-refractivity contribution in [1.29, 1.82) is 0 Å². The zero-order valence-electron chi connectivity index (χ0n) is 13.1. The minimum Gasteiger partial charge on any atom is -0.350 e. The number of rotatable bonds is 7. The van der Waals surface area contributed by atoms with E-state index in [2.05, 4.69) is 70.3 Å². The second-order valence-corrected chi connectivity index (χ2v) is 5.09. The Kier molecular flexibility index (Phi) is 6.39. The Morgan fingerprint density at radius 2 is 1.50 bits per heavy atom. The largest absolute Gasteiger partial charge is 0.350 e. The van der Waals surface area contributed by atoms with E-state index >= 15 is 0 Å². The smallest absolute Gasteiger partial charge is 0.119 e. The molecule has 2 aromatic rings. The van der Waals surface area contributed by atoms with Crippen LogP contribution in [-0.4, -0.2) is 24.3 Å². The fourth-order valence-corrected chi connectivity index (χ4v) is 2.35. The second kappa shape index (κ2) is 8.80. The summed E-state index contributed by atoms with van der Waals surface area (Å²) in [6, 6.07) is 20.9. The van der Waals surface area contributed by atoms with E-state index in [1.165, 1.54) is 11.1 Å². The molecule has 0 spiro atoms. The number of aliphatic imine (C=N–C) groups is 1. The molecule has 0 aliphatic heterocycles. The predicted molar refractivity (Wildman–Crippen MR) is 93.7 cm³/mol. The first-order valence-electron chi connectivity index (χ1n) is 7.48. The molecule has 0 atom stereocenters. The third kappa shape index (κ3) is 4.86. The Morgan fingerprint density at radius 3 is 1.91 bits per heavy atom. The van der Waals surface area contributed by atoms with Crippen molar-refractivity contribution in [2.24, 2.45) is 4.99 Å². The van der Waals surface area contributed by atoms with Gasteiger partial charge in [0.25, 0.3) is 0 Å². The minimum atomic E-state index is 0.714. The molecule has 0 amide bonds. The van der Waals surface area contributed by atoms with Gasteiger partial charge in [-0.3, -0.25) is 0 Å². The van der Waals surface area contributed by atoms with Crippen LogP contribution in [0.4, 0.5) is 0 Å². The van der Waals surface area contributed by atoms with Crippen molar-refractivity contribution in [3.05, 3.63) is 84.6 Å². The molecule has 1 N–H and O–H groups in total. The van der Waals surface area contributed by atoms with Gasteiger partial charge in [-0.15, -0.1) is 0 Å². The lowest BCUT2D eigenvalue weighted by molar-refractivity contribution is 0.398. The van der Waals surface area contributed by atoms with E-state index in [1.807, 2.05) is 19.2 Å². The van der Waals surface area contributed by atoms with Crippen molar-refractivity contribution >= 4 is 5.84 Å². The third-order valence-electron chi connectivity index (χ3n) is 3.37. The Morgan fingerprint density at radius 1 is 1.00 bits per heavy atom. The fraction of sp³-hybridized carbons (Fsp3) is 0.211. The monoisotopic (exact) mass is 293 g/mol. The van der Waals surface area contributed by atoms with Crippen LogP contribution in [0.5, 0.6) is 0 Å². The lowest BCUT2D eigenvalue weighted by Crippen LogP contribution is -2.36. The summed E-state index contributed by atoms with van der Waals surface area (Å²) in [5, 5.41) is 3.18. The van der Waals surface area contributed by atoms with E-state index in [0.29, 0.717) is 6.54 Å². The molecule has 0 heterocycles. The summed E-state index contributed by atoms with van der Waals surface area (Å²) in [5.41, 5.74) is 2.54. The number of nitrogens with zero attached hydrogens (tertiary/aromatic N) is 2. The first-order valence-corrected chi connectivity index (χ1v) is 7.48. The van der Waals surface area contributed by atoms with Gasteiger partial charge in [-0.1, -0.05) is 67.2 Å². The van der Waals surface area contributed by atoms with E-state index < -0.39 is 0 Å². The zero-order valence-corrected chi connectivity index (χ0v) is 13.1. The van der Waals surface area contributed by atoms with E-state index in [4.69, 9.17) is 0 Å². The molecule has 3 nitrogen and oxygen atoms in total. The number of hydrogen-bond donors (Lipinski definition) is 1. The minimum absolute atomic E-state index is 0.714. The van der Waals surface area contributed by atoms with Gasteiger partial charge in [0, 0.05) is 19.3 Å². The summed E-state index contributed by atoms with van der Waals surface area (Å²) in [6.45, 7) is 6.10. The van der Waals surface area contributed by atoms with E-state index in [0.717, 1.165) is 18.9 Å². The summed E-state index contributed by atoms with van der Waals surface area (Å²) in [4.78, 5) is 6.73. The molecule has 3 heteroatoms. The van der Waals surface area contributed by atoms with Crippen LogP contribution in [0.1, 0.15) is 11.1 Å². The molecular formula is C19H23N3. The number of likely N-dealkylation sites (N-methyl/N-ethyl adjacent to an activating group) is 1. The lowest BCUT2D eigenvalue weighted by atomic mass is 10.1. The summed E-state index contributed by atoms with van der Waals surface area (Å²) >= 11 is 0. The van der Waals surface area contributed by atoms with Crippen LogP contribution in [0.25, 0.3) is 0 Å². The van der Waals surface area contributed by atoms with Gasteiger partial charge in [0.15, 0.2) is 0 Å². The number of hydrogen-bond acceptors (Lipinski definition) is 2. The van der Waals surface area contributed by atoms with Crippen LogP contribution in [0.3, 0.4) is 0 Å². The lowest BCUT2D eigenvalue weighted by Gasteiger charge is -2.26. The van der Waals surface area contributed by atoms with Gasteiger partial charge in [-0.2, -0.15) is 0 Å². The quantitative estimate of drug-likeness (QED) is 0.625. The highest BCUT2D eigenvalue weighted by Crippen LogP contribution is 2.11. The molecule has 0 aliphatic rings. The van der Waals surface area contributed by atoms with Crippen LogP contribution in [0.2, 0.25) is 0 Å². The first kappa shape index (κ1) is 16.0. The molecule has 0 radical (unpaired) electrons. The van der Waals surface area contributed by atoms with Crippen molar-refractivity contribution in [2.45, 2.75) is 13.1 Å². The van der Waals surface area contributed by atoms with E-state index in [1.54, 1.807) is 6.20 Å². The number of benzene rings is 2. The standard InChI is InChI=1S/C19H23N3/c1-3-21-19(14-20-2)22(15-17-10-6-4-7-11-17)16-18-12-8-5-9-13-18/h3-13,20H,1,14-16H2,2H3. The maximum Gasteiger partial charge on any atom is 0.119 e. The first-order chi connectivity index (χ1) is 10.8. The molecule has 0 saturated heterocycles. The van der Waals surface area contributed by atoms with Crippen LogP contribution < -0.4 is 5.32 Å². The van der Waals surface area contributed by atoms with Gasteiger partial charge in [0.2, 0.25) is 0 Å². The Hall–Kier alpha value is -2.39. The summed E-state index contributed by atoms with van der Waals surface area (Å²) in [7, 11) is 1.93. The van der Waals surface area contributed by atoms with Crippen LogP contribution >= 0.6 is 0 Å². The molecular weight excluding hydrogens is 270 g/mol. The molecule has 2 aromatic carbocycles. The van der Waals surface area contributed by atoms with Crippen molar-refractivity contribution in [2.75, 3.05) is 13.6 Å². The highest BCUT2D eigenvalue weighted by Gasteiger charge is 2.11. The summed E-state index contributed by atoms with van der Waals surface area (Å²) < 4.78 is 0. The van der Waals surface area contributed by atoms with Gasteiger partial charge >= 0.3 is 0 Å². The van der Waals surface area contributed by atoms with Crippen LogP contribution in [0, 0.1) is 0 Å². The van der Waals surface area contributed by atoms with Gasteiger partial charge in [0.05, 0.1) is 6.54 Å². The normalized spacial score (nSPS) is 11.2. The van der Waals surface area contributed by atoms with Crippen molar-refractivity contribution in [3.8, 4) is 0 Å². The molecule has 0 aliphatic carbocycles. The van der Waals surface area contributed by atoms with E-state index in [-0.39, 0.29) is 0 Å². The molecule has 22 heavy (non-hydrogen) atoms. The van der Waals surface area contributed by atoms with Gasteiger partial charge < -0.3 is 10.2 Å². The van der Waals surface area contributed by atoms with Crippen molar-refractivity contribution in [1.82, 2.24) is 10.2 Å². The molecule has 0 unspecified atom stereocenters. The molecule has 0 saturated carbocycles. The average Bonchev–Trinajstić information content (AvgIpc) is 2.56. The van der Waals surface area contributed by atoms with Gasteiger partial charge in [0.1, 0.15) is 5.84 Å². The van der Waals surface area contributed by atoms with Crippen molar-refractivity contribution in [3.63, 3.8) is 0 Å². The third-order valence-corrected chi connectivity index (χ3v) is 3.37. The van der Waals surface area contributed by atoms with Crippen molar-refractivity contribution < 1.29 is 0 Å². The van der Waals surface area contributed by atoms with Crippen LogP contribution in [-0.2, 0) is 13.1 Å². The number of amidine groups is 1. The second-order valence-electron chi connectivity index (χ2n) is 5.09. The number of nitrogens with one attached hydrogen (secondary N) is 1. The average molecular weight is 293 g/mol. The molecule has 0 bridgehead atoms. The topological polar surface area (TPSA) is 27.6 Å².